The zero-order valence-corrected chi connectivity index (χ0v) is 11.5. The normalized spacial score (nSPS) is 11.8. The molecule has 0 amide bonds. The molecule has 4 nitrogen and oxygen atoms in total. The Morgan fingerprint density at radius 1 is 0.941 bits per heavy atom. The van der Waals surface area contributed by atoms with E-state index in [1.165, 1.54) is 12.1 Å². The summed E-state index contributed by atoms with van der Waals surface area (Å²) in [7, 11) is 0. The summed E-state index contributed by atoms with van der Waals surface area (Å²) in [4.78, 5) is 0. The Kier molecular flexibility index (Phi) is 3.04. The van der Waals surface area contributed by atoms with Crippen LogP contribution in [0.2, 0.25) is 0 Å². The molecule has 2 N–H and O–H groups in total. The van der Waals surface area contributed by atoms with Gasteiger partial charge in [0.05, 0.1) is 0 Å². The molecule has 0 saturated heterocycles. The molecular formula is C12H14AsNO3. The van der Waals surface area contributed by atoms with Crippen molar-refractivity contribution in [2.45, 2.75) is 13.8 Å². The molecular weight excluding hydrogens is 281 g/mol. The Labute approximate surface area is 103 Å². The molecule has 2 aromatic rings. The standard InChI is InChI=1S/C12H14AsNO3/c1-9-3-4-10(2)14(9)12-7-5-11(6-8-12)13(15,16)17/h3-8H,1-2H3,(H2,15,16,17). The van der Waals surface area contributed by atoms with Crippen LogP contribution in [0.3, 0.4) is 0 Å². The van der Waals surface area contributed by atoms with Gasteiger partial charge in [0.15, 0.2) is 0 Å². The maximum atomic E-state index is 11.1. The van der Waals surface area contributed by atoms with Crippen molar-refractivity contribution in [2.75, 3.05) is 0 Å². The van der Waals surface area contributed by atoms with Crippen molar-refractivity contribution in [1.29, 1.82) is 0 Å². The predicted octanol–water partition coefficient (Wildman–Crippen LogP) is 0.655. The summed E-state index contributed by atoms with van der Waals surface area (Å²) in [5.41, 5.74) is 3.10. The maximum absolute atomic E-state index is 11.1. The molecule has 0 fully saturated rings. The Hall–Kier alpha value is -1.22. The molecule has 0 unspecified atom stereocenters. The predicted molar refractivity (Wildman–Crippen MR) is 65.8 cm³/mol. The minimum atomic E-state index is -4.76. The van der Waals surface area contributed by atoms with E-state index >= 15 is 0 Å². The third kappa shape index (κ3) is 2.39. The van der Waals surface area contributed by atoms with Crippen LogP contribution < -0.4 is 4.35 Å². The zero-order valence-electron chi connectivity index (χ0n) is 9.66. The number of benzene rings is 1. The van der Waals surface area contributed by atoms with E-state index in [4.69, 9.17) is 8.19 Å². The fourth-order valence-corrected chi connectivity index (χ4v) is 3.00. The number of nitrogens with zero attached hydrogens (tertiary/aromatic N) is 1. The third-order valence-corrected chi connectivity index (χ3v) is 4.75. The molecule has 0 saturated carbocycles. The van der Waals surface area contributed by atoms with Gasteiger partial charge in [-0.25, -0.2) is 0 Å². The number of aromatic nitrogens is 1. The first-order valence-electron chi connectivity index (χ1n) is 5.21. The van der Waals surface area contributed by atoms with Gasteiger partial charge in [-0.2, -0.15) is 0 Å². The van der Waals surface area contributed by atoms with Crippen LogP contribution in [0.1, 0.15) is 11.4 Å². The van der Waals surface area contributed by atoms with Crippen molar-refractivity contribution >= 4 is 18.5 Å². The van der Waals surface area contributed by atoms with E-state index in [9.17, 15) is 3.74 Å². The summed E-state index contributed by atoms with van der Waals surface area (Å²) in [5, 5.41) is 0. The Morgan fingerprint density at radius 3 is 1.82 bits per heavy atom. The molecule has 0 aliphatic heterocycles. The van der Waals surface area contributed by atoms with Gasteiger partial charge in [-0.15, -0.1) is 0 Å². The van der Waals surface area contributed by atoms with Crippen LogP contribution in [-0.4, -0.2) is 26.9 Å². The Morgan fingerprint density at radius 2 is 1.41 bits per heavy atom. The van der Waals surface area contributed by atoms with Crippen molar-refractivity contribution in [2.24, 2.45) is 0 Å². The van der Waals surface area contributed by atoms with Crippen LogP contribution in [0.4, 0.5) is 0 Å². The van der Waals surface area contributed by atoms with E-state index < -0.39 is 14.2 Å². The fourth-order valence-electron chi connectivity index (χ4n) is 1.87. The van der Waals surface area contributed by atoms with Gasteiger partial charge >= 0.3 is 102 Å². The number of hydrogen-bond acceptors (Lipinski definition) is 1. The van der Waals surface area contributed by atoms with Crippen molar-refractivity contribution in [3.63, 3.8) is 0 Å². The number of aryl methyl sites for hydroxylation is 2. The van der Waals surface area contributed by atoms with Crippen molar-refractivity contribution in [3.8, 4) is 5.69 Å². The van der Waals surface area contributed by atoms with Crippen LogP contribution in [0.15, 0.2) is 36.4 Å². The van der Waals surface area contributed by atoms with E-state index in [0.29, 0.717) is 0 Å². The molecule has 2 rings (SSSR count). The van der Waals surface area contributed by atoms with Crippen molar-refractivity contribution < 1.29 is 11.9 Å². The molecule has 1 aromatic heterocycles. The van der Waals surface area contributed by atoms with E-state index in [-0.39, 0.29) is 4.35 Å². The van der Waals surface area contributed by atoms with E-state index in [1.54, 1.807) is 12.1 Å². The van der Waals surface area contributed by atoms with Gasteiger partial charge in [0.1, 0.15) is 0 Å². The molecule has 0 bridgehead atoms. The SMILES string of the molecule is Cc1ccc(C)n1-c1ccc([As](=O)(O)O)cc1. The van der Waals surface area contributed by atoms with Crippen LogP contribution in [0.25, 0.3) is 5.69 Å². The fraction of sp³-hybridized carbons (Fsp3) is 0.167. The van der Waals surface area contributed by atoms with E-state index in [1.807, 2.05) is 30.5 Å². The van der Waals surface area contributed by atoms with Gasteiger partial charge in [-0.1, -0.05) is 0 Å². The van der Waals surface area contributed by atoms with Crippen LogP contribution in [-0.2, 0) is 3.74 Å². The van der Waals surface area contributed by atoms with E-state index in [0.717, 1.165) is 17.1 Å². The molecule has 0 atom stereocenters. The molecule has 17 heavy (non-hydrogen) atoms. The van der Waals surface area contributed by atoms with Crippen LogP contribution in [0.5, 0.6) is 0 Å². The van der Waals surface area contributed by atoms with Crippen molar-refractivity contribution in [1.82, 2.24) is 4.57 Å². The summed E-state index contributed by atoms with van der Waals surface area (Å²) in [6.45, 7) is 3.99. The second-order valence-electron chi connectivity index (χ2n) is 4.01. The van der Waals surface area contributed by atoms with Gasteiger partial charge in [0, 0.05) is 0 Å². The second-order valence-corrected chi connectivity index (χ2v) is 7.38. The van der Waals surface area contributed by atoms with E-state index in [2.05, 4.69) is 0 Å². The first kappa shape index (κ1) is 12.2. The first-order chi connectivity index (χ1) is 7.89. The average molecular weight is 295 g/mol. The quantitative estimate of drug-likeness (QED) is 0.800. The van der Waals surface area contributed by atoms with Gasteiger partial charge in [-0.3, -0.25) is 0 Å². The van der Waals surface area contributed by atoms with Crippen LogP contribution >= 0.6 is 0 Å². The topological polar surface area (TPSA) is 62.5 Å². The molecule has 0 spiro atoms. The zero-order chi connectivity index (χ0) is 12.6. The van der Waals surface area contributed by atoms with Gasteiger partial charge in [0.25, 0.3) is 0 Å². The molecule has 0 radical (unpaired) electrons. The summed E-state index contributed by atoms with van der Waals surface area (Å²) in [5.74, 6) is 0. The molecule has 90 valence electrons. The molecule has 1 aromatic carbocycles. The molecule has 0 aliphatic carbocycles. The Bertz CT molecular complexity index is 561. The summed E-state index contributed by atoms with van der Waals surface area (Å²) in [6, 6.07) is 10.5. The van der Waals surface area contributed by atoms with Gasteiger partial charge in [-0.05, 0) is 0 Å². The van der Waals surface area contributed by atoms with Gasteiger partial charge in [0.2, 0.25) is 0 Å². The van der Waals surface area contributed by atoms with Crippen molar-refractivity contribution in [3.05, 3.63) is 47.8 Å². The monoisotopic (exact) mass is 295 g/mol. The first-order valence-corrected chi connectivity index (χ1v) is 8.59. The summed E-state index contributed by atoms with van der Waals surface area (Å²) in [6.07, 6.45) is 0. The molecule has 1 heterocycles. The molecule has 0 aliphatic rings. The molecule has 5 heteroatoms. The number of hydrogen-bond donors (Lipinski definition) is 2. The van der Waals surface area contributed by atoms with Gasteiger partial charge < -0.3 is 0 Å². The second kappa shape index (κ2) is 4.22. The summed E-state index contributed by atoms with van der Waals surface area (Å²) >= 11 is -4.76. The minimum absolute atomic E-state index is 0.106. The average Bonchev–Trinajstić information content (AvgIpc) is 2.58. The third-order valence-electron chi connectivity index (χ3n) is 2.72. The Balaban J connectivity index is 2.47. The number of rotatable bonds is 2. The summed E-state index contributed by atoms with van der Waals surface area (Å²) < 4.78 is 31.4. The van der Waals surface area contributed by atoms with Crippen LogP contribution in [0, 0.1) is 13.8 Å².